The van der Waals surface area contributed by atoms with Crippen LogP contribution in [-0.2, 0) is 0 Å². The quantitative estimate of drug-likeness (QED) is 0.841. The summed E-state index contributed by atoms with van der Waals surface area (Å²) < 4.78 is 0. The first-order valence-corrected chi connectivity index (χ1v) is 7.93. The number of allylic oxidation sites excluding steroid dienone is 2. The van der Waals surface area contributed by atoms with Gasteiger partial charge >= 0.3 is 0 Å². The summed E-state index contributed by atoms with van der Waals surface area (Å²) in [6.45, 7) is 6.77. The van der Waals surface area contributed by atoms with Crippen LogP contribution in [-0.4, -0.2) is 0 Å². The van der Waals surface area contributed by atoms with Gasteiger partial charge in [0.2, 0.25) is 0 Å². The lowest BCUT2D eigenvalue weighted by Crippen LogP contribution is -2.80. The molecule has 0 saturated carbocycles. The van der Waals surface area contributed by atoms with Crippen molar-refractivity contribution in [3.63, 3.8) is 0 Å². The van der Waals surface area contributed by atoms with Crippen LogP contribution in [0.1, 0.15) is 32.4 Å². The summed E-state index contributed by atoms with van der Waals surface area (Å²) >= 11 is 0. The minimum Gasteiger partial charge on any atom is -0.310 e. The first-order chi connectivity index (χ1) is 10.5. The molecule has 1 aliphatic heterocycles. The Balaban J connectivity index is 1.83. The normalized spacial score (nSPS) is 18.1. The van der Waals surface area contributed by atoms with Crippen molar-refractivity contribution in [1.29, 1.82) is 0 Å². The van der Waals surface area contributed by atoms with Crippen LogP contribution >= 0.6 is 0 Å². The third-order valence-electron chi connectivity index (χ3n) is 4.21. The van der Waals surface area contributed by atoms with Gasteiger partial charge in [-0.25, -0.2) is 0 Å². The number of rotatable bonds is 2. The zero-order valence-corrected chi connectivity index (χ0v) is 13.6. The van der Waals surface area contributed by atoms with Gasteiger partial charge in [-0.1, -0.05) is 75.4 Å². The molecule has 0 radical (unpaired) electrons. The molecule has 0 aliphatic carbocycles. The van der Waals surface area contributed by atoms with Crippen LogP contribution in [0, 0.1) is 5.41 Å². The lowest BCUT2D eigenvalue weighted by atomic mass is 9.85. The number of nitrogens with two attached hydrogens (primary N) is 1. The van der Waals surface area contributed by atoms with E-state index in [1.54, 1.807) is 0 Å². The predicted octanol–water partition coefficient (Wildman–Crippen LogP) is 4.46. The third-order valence-corrected chi connectivity index (χ3v) is 4.21. The minimum atomic E-state index is 0.212. The molecule has 0 fully saturated rings. The summed E-state index contributed by atoms with van der Waals surface area (Å²) in [4.78, 5) is 0. The lowest BCUT2D eigenvalue weighted by Gasteiger charge is -2.23. The van der Waals surface area contributed by atoms with Gasteiger partial charge in [0.15, 0.2) is 0 Å². The zero-order chi connectivity index (χ0) is 15.6. The number of hydrogen-bond acceptors (Lipinski definition) is 0. The van der Waals surface area contributed by atoms with E-state index in [2.05, 4.69) is 99.0 Å². The van der Waals surface area contributed by atoms with Crippen LogP contribution in [0.25, 0.3) is 11.1 Å². The molecule has 0 spiro atoms. The summed E-state index contributed by atoms with van der Waals surface area (Å²) in [5, 5.41) is 2.31. The van der Waals surface area contributed by atoms with Gasteiger partial charge in [0, 0.05) is 11.1 Å². The Morgan fingerprint density at radius 1 is 0.864 bits per heavy atom. The summed E-state index contributed by atoms with van der Waals surface area (Å²) in [6, 6.07) is 19.8. The Bertz CT molecular complexity index is 702. The number of hydrogen-bond donors (Lipinski definition) is 1. The van der Waals surface area contributed by atoms with Gasteiger partial charge < -0.3 is 5.32 Å². The highest BCUT2D eigenvalue weighted by atomic mass is 14.9. The molecule has 0 saturated heterocycles. The largest absolute Gasteiger partial charge is 0.310 e. The van der Waals surface area contributed by atoms with Crippen molar-refractivity contribution in [3.05, 3.63) is 84.1 Å². The van der Waals surface area contributed by atoms with Crippen LogP contribution in [0.5, 0.6) is 0 Å². The molecule has 22 heavy (non-hydrogen) atoms. The van der Waals surface area contributed by atoms with Crippen molar-refractivity contribution in [3.8, 4) is 11.1 Å². The summed E-state index contributed by atoms with van der Waals surface area (Å²) in [7, 11) is 0. The van der Waals surface area contributed by atoms with E-state index in [0.29, 0.717) is 6.04 Å². The van der Waals surface area contributed by atoms with Gasteiger partial charge in [-0.05, 0) is 28.7 Å². The van der Waals surface area contributed by atoms with Gasteiger partial charge in [0.05, 0.1) is 6.20 Å². The second-order valence-electron chi connectivity index (χ2n) is 6.94. The molecule has 0 amide bonds. The van der Waals surface area contributed by atoms with Crippen LogP contribution in [0.15, 0.2) is 78.5 Å². The number of quaternary nitrogens is 1. The van der Waals surface area contributed by atoms with Gasteiger partial charge in [-0.2, -0.15) is 0 Å². The summed E-state index contributed by atoms with van der Waals surface area (Å²) in [5.74, 6) is 0. The summed E-state index contributed by atoms with van der Waals surface area (Å²) in [5.41, 5.74) is 5.51. The van der Waals surface area contributed by atoms with Crippen molar-refractivity contribution in [1.82, 2.24) is 0 Å². The van der Waals surface area contributed by atoms with Gasteiger partial charge in [0.1, 0.15) is 6.04 Å². The fourth-order valence-electron chi connectivity index (χ4n) is 2.81. The van der Waals surface area contributed by atoms with Crippen LogP contribution in [0.3, 0.4) is 0 Å². The SMILES string of the molecule is CC(C)(C)C1=C[NH2+]C(c2cccc(-c3ccccc3)c2)C=C1. The van der Waals surface area contributed by atoms with E-state index in [4.69, 9.17) is 0 Å². The highest BCUT2D eigenvalue weighted by Gasteiger charge is 2.21. The fourth-order valence-corrected chi connectivity index (χ4v) is 2.81. The molecule has 1 aliphatic rings. The van der Waals surface area contributed by atoms with Gasteiger partial charge in [0.25, 0.3) is 0 Å². The van der Waals surface area contributed by atoms with E-state index in [-0.39, 0.29) is 5.41 Å². The van der Waals surface area contributed by atoms with Crippen LogP contribution in [0.2, 0.25) is 0 Å². The fraction of sp³-hybridized carbons (Fsp3) is 0.238. The van der Waals surface area contributed by atoms with E-state index < -0.39 is 0 Å². The average molecular weight is 290 g/mol. The molecule has 112 valence electrons. The zero-order valence-electron chi connectivity index (χ0n) is 13.6. The molecule has 0 aromatic heterocycles. The van der Waals surface area contributed by atoms with E-state index in [1.165, 1.54) is 22.3 Å². The topological polar surface area (TPSA) is 16.6 Å². The maximum Gasteiger partial charge on any atom is 0.135 e. The highest BCUT2D eigenvalue weighted by molar-refractivity contribution is 5.64. The molecule has 2 aromatic carbocycles. The maximum absolute atomic E-state index is 2.31. The minimum absolute atomic E-state index is 0.212. The lowest BCUT2D eigenvalue weighted by molar-refractivity contribution is -0.623. The predicted molar refractivity (Wildman–Crippen MR) is 93.2 cm³/mol. The van der Waals surface area contributed by atoms with Crippen molar-refractivity contribution in [2.45, 2.75) is 26.8 Å². The molecule has 2 aromatic rings. The first-order valence-electron chi connectivity index (χ1n) is 7.93. The molecular formula is C21H24N+. The molecule has 0 bridgehead atoms. The van der Waals surface area contributed by atoms with E-state index in [1.807, 2.05) is 0 Å². The van der Waals surface area contributed by atoms with Crippen molar-refractivity contribution in [2.24, 2.45) is 5.41 Å². The average Bonchev–Trinajstić information content (AvgIpc) is 2.55. The molecule has 1 atom stereocenters. The Morgan fingerprint density at radius 3 is 2.23 bits per heavy atom. The monoisotopic (exact) mass is 290 g/mol. The molecule has 2 N–H and O–H groups in total. The Kier molecular flexibility index (Phi) is 4.00. The second kappa shape index (κ2) is 5.94. The van der Waals surface area contributed by atoms with Crippen molar-refractivity contribution in [2.75, 3.05) is 0 Å². The Hall–Kier alpha value is -2.12. The molecule has 1 heteroatoms. The third kappa shape index (κ3) is 3.20. The molecule has 1 unspecified atom stereocenters. The van der Waals surface area contributed by atoms with Gasteiger partial charge in [-0.3, -0.25) is 0 Å². The van der Waals surface area contributed by atoms with Crippen LogP contribution in [0.4, 0.5) is 0 Å². The maximum atomic E-state index is 2.31. The van der Waals surface area contributed by atoms with E-state index in [0.717, 1.165) is 0 Å². The molecular weight excluding hydrogens is 266 g/mol. The standard InChI is InChI=1S/C21H23N/c1-21(2,3)19-12-13-20(22-15-19)18-11-7-10-17(14-18)16-8-5-4-6-9-16/h4-15,20,22H,1-3H3/p+1. The van der Waals surface area contributed by atoms with Crippen molar-refractivity contribution >= 4 is 0 Å². The van der Waals surface area contributed by atoms with Crippen molar-refractivity contribution < 1.29 is 5.32 Å². The highest BCUT2D eigenvalue weighted by Crippen LogP contribution is 2.28. The van der Waals surface area contributed by atoms with E-state index in [9.17, 15) is 0 Å². The smallest absolute Gasteiger partial charge is 0.135 e. The van der Waals surface area contributed by atoms with Gasteiger partial charge in [-0.15, -0.1) is 0 Å². The van der Waals surface area contributed by atoms with E-state index >= 15 is 0 Å². The molecule has 1 nitrogen and oxygen atoms in total. The molecule has 1 heterocycles. The van der Waals surface area contributed by atoms with Crippen LogP contribution < -0.4 is 5.32 Å². The number of benzene rings is 2. The summed E-state index contributed by atoms with van der Waals surface area (Å²) in [6.07, 6.45) is 6.87. The first kappa shape index (κ1) is 14.8. The molecule has 3 rings (SSSR count). The second-order valence-corrected chi connectivity index (χ2v) is 6.94. The Labute approximate surface area is 133 Å². The Morgan fingerprint density at radius 2 is 1.59 bits per heavy atom.